The molecule has 0 unspecified atom stereocenters. The summed E-state index contributed by atoms with van der Waals surface area (Å²) in [5.74, 6) is 0.406. The number of carbonyl (C=O) groups is 3. The van der Waals surface area contributed by atoms with Gasteiger partial charge in [-0.2, -0.15) is 0 Å². The fourth-order valence-corrected chi connectivity index (χ4v) is 5.65. The maximum Gasteiger partial charge on any atom is 0.416 e. The molecule has 0 bridgehead atoms. The quantitative estimate of drug-likeness (QED) is 0.373. The van der Waals surface area contributed by atoms with Crippen LogP contribution >= 0.6 is 0 Å². The lowest BCUT2D eigenvalue weighted by molar-refractivity contribution is -0.146. The lowest BCUT2D eigenvalue weighted by Gasteiger charge is -2.39. The standard InChI is InChI=1S/C30H38N2O8/c1-28(2,3)39-26(34)31-21-13-11-10-12-19(21)30(20-15-14-18(36-7)16-23(20)37-8)17-22(24(33)38-9)32(25(30)31)27(35)40-29(4,5)6/h10-16,22,25H,17H2,1-9H3/t22-,25-,30-/m0/s1. The van der Waals surface area contributed by atoms with Crippen LogP contribution in [0.15, 0.2) is 42.5 Å². The first kappa shape index (κ1) is 29.0. The lowest BCUT2D eigenvalue weighted by Crippen LogP contribution is -2.58. The maximum absolute atomic E-state index is 14.0. The molecule has 2 heterocycles. The van der Waals surface area contributed by atoms with Crippen molar-refractivity contribution in [2.75, 3.05) is 26.2 Å². The molecule has 2 aromatic rings. The van der Waals surface area contributed by atoms with Crippen molar-refractivity contribution >= 4 is 23.8 Å². The van der Waals surface area contributed by atoms with Crippen LogP contribution < -0.4 is 14.4 Å². The van der Waals surface area contributed by atoms with Gasteiger partial charge in [-0.05, 0) is 65.7 Å². The fourth-order valence-electron chi connectivity index (χ4n) is 5.65. The van der Waals surface area contributed by atoms with Gasteiger partial charge in [0.05, 0.1) is 32.4 Å². The number of carbonyl (C=O) groups excluding carboxylic acids is 3. The highest BCUT2D eigenvalue weighted by Gasteiger charge is 2.67. The molecule has 0 aliphatic carbocycles. The van der Waals surface area contributed by atoms with Gasteiger partial charge in [0.15, 0.2) is 0 Å². The van der Waals surface area contributed by atoms with E-state index < -0.39 is 47.0 Å². The van der Waals surface area contributed by atoms with Gasteiger partial charge in [0.2, 0.25) is 0 Å². The summed E-state index contributed by atoms with van der Waals surface area (Å²) in [5.41, 5.74) is -0.860. The van der Waals surface area contributed by atoms with Gasteiger partial charge < -0.3 is 23.7 Å². The Bertz CT molecular complexity index is 1310. The van der Waals surface area contributed by atoms with Crippen molar-refractivity contribution < 1.29 is 38.1 Å². The van der Waals surface area contributed by atoms with Gasteiger partial charge in [-0.1, -0.05) is 24.3 Å². The van der Waals surface area contributed by atoms with Crippen LogP contribution in [-0.4, -0.2) is 67.8 Å². The molecule has 2 amide bonds. The first-order valence-corrected chi connectivity index (χ1v) is 13.1. The minimum absolute atomic E-state index is 0.0998. The lowest BCUT2D eigenvalue weighted by atomic mass is 9.72. The van der Waals surface area contributed by atoms with E-state index >= 15 is 0 Å². The summed E-state index contributed by atoms with van der Waals surface area (Å²) in [6.45, 7) is 10.5. The van der Waals surface area contributed by atoms with Crippen molar-refractivity contribution in [3.63, 3.8) is 0 Å². The number of benzene rings is 2. The minimum Gasteiger partial charge on any atom is -0.497 e. The number of likely N-dealkylation sites (tertiary alicyclic amines) is 1. The zero-order valence-corrected chi connectivity index (χ0v) is 24.6. The van der Waals surface area contributed by atoms with E-state index in [1.54, 1.807) is 66.9 Å². The molecule has 0 saturated carbocycles. The summed E-state index contributed by atoms with van der Waals surface area (Å²) in [6.07, 6.45) is -2.37. The molecule has 216 valence electrons. The summed E-state index contributed by atoms with van der Waals surface area (Å²) in [4.78, 5) is 44.0. The summed E-state index contributed by atoms with van der Waals surface area (Å²) in [7, 11) is 4.36. The van der Waals surface area contributed by atoms with Gasteiger partial charge in [-0.25, -0.2) is 14.4 Å². The zero-order valence-electron chi connectivity index (χ0n) is 24.6. The highest BCUT2D eigenvalue weighted by atomic mass is 16.6. The Kier molecular flexibility index (Phi) is 7.42. The van der Waals surface area contributed by atoms with E-state index in [-0.39, 0.29) is 6.42 Å². The molecule has 0 N–H and O–H groups in total. The van der Waals surface area contributed by atoms with Crippen LogP contribution in [0.25, 0.3) is 0 Å². The average Bonchev–Trinajstić information content (AvgIpc) is 3.36. The third-order valence-electron chi connectivity index (χ3n) is 7.00. The van der Waals surface area contributed by atoms with Gasteiger partial charge in [0, 0.05) is 11.6 Å². The number of fused-ring (bicyclic) bond motifs is 3. The van der Waals surface area contributed by atoms with E-state index in [4.69, 9.17) is 23.7 Å². The molecule has 2 aliphatic heterocycles. The molecule has 10 heteroatoms. The number of nitrogens with zero attached hydrogens (tertiary/aromatic N) is 2. The molecule has 4 rings (SSSR count). The highest BCUT2D eigenvalue weighted by molar-refractivity contribution is 5.96. The molecule has 3 atom stereocenters. The van der Waals surface area contributed by atoms with E-state index in [1.807, 2.05) is 24.3 Å². The Balaban J connectivity index is 2.06. The number of para-hydroxylation sites is 1. The van der Waals surface area contributed by atoms with Crippen LogP contribution in [0.2, 0.25) is 0 Å². The normalized spacial score (nSPS) is 21.8. The fraction of sp³-hybridized carbons (Fsp3) is 0.500. The SMILES string of the molecule is COC(=O)[C@@H]1C[C@@]2(c3ccc(OC)cc3OC)c3ccccc3N(C(=O)OC(C)(C)C)[C@H]2N1C(=O)OC(C)(C)C. The first-order valence-electron chi connectivity index (χ1n) is 13.1. The van der Waals surface area contributed by atoms with E-state index in [0.717, 1.165) is 5.56 Å². The number of ether oxygens (including phenoxy) is 5. The van der Waals surface area contributed by atoms with Gasteiger partial charge >= 0.3 is 18.2 Å². The molecule has 2 aromatic carbocycles. The Hall–Kier alpha value is -3.95. The predicted molar refractivity (Wildman–Crippen MR) is 148 cm³/mol. The average molecular weight is 555 g/mol. The molecule has 1 fully saturated rings. The molecule has 1 saturated heterocycles. The molecule has 10 nitrogen and oxygen atoms in total. The Morgan fingerprint density at radius 1 is 0.825 bits per heavy atom. The third kappa shape index (κ3) is 4.91. The van der Waals surface area contributed by atoms with Crippen LogP contribution in [0.4, 0.5) is 15.3 Å². The second-order valence-electron chi connectivity index (χ2n) is 11.9. The number of methoxy groups -OCH3 is 3. The van der Waals surface area contributed by atoms with Crippen molar-refractivity contribution in [2.24, 2.45) is 0 Å². The van der Waals surface area contributed by atoms with Crippen molar-refractivity contribution in [1.82, 2.24) is 4.90 Å². The predicted octanol–water partition coefficient (Wildman–Crippen LogP) is 5.25. The molecular formula is C30H38N2O8. The van der Waals surface area contributed by atoms with Gasteiger partial charge in [-0.15, -0.1) is 0 Å². The van der Waals surface area contributed by atoms with Crippen LogP contribution in [0.5, 0.6) is 11.5 Å². The smallest absolute Gasteiger partial charge is 0.416 e. The number of anilines is 1. The largest absolute Gasteiger partial charge is 0.497 e. The summed E-state index contributed by atoms with van der Waals surface area (Å²) in [5, 5.41) is 0. The summed E-state index contributed by atoms with van der Waals surface area (Å²) in [6, 6.07) is 11.7. The Morgan fingerprint density at radius 2 is 1.45 bits per heavy atom. The van der Waals surface area contributed by atoms with Crippen LogP contribution in [0, 0.1) is 0 Å². The number of rotatable bonds is 4. The van der Waals surface area contributed by atoms with Crippen molar-refractivity contribution in [3.05, 3.63) is 53.6 Å². The monoisotopic (exact) mass is 554 g/mol. The minimum atomic E-state index is -1.11. The first-order chi connectivity index (χ1) is 18.7. The topological polar surface area (TPSA) is 104 Å². The van der Waals surface area contributed by atoms with Gasteiger partial charge in [0.25, 0.3) is 0 Å². The Morgan fingerprint density at radius 3 is 2.02 bits per heavy atom. The van der Waals surface area contributed by atoms with Crippen molar-refractivity contribution in [2.45, 2.75) is 76.8 Å². The van der Waals surface area contributed by atoms with E-state index in [1.165, 1.54) is 24.0 Å². The number of hydrogen-bond donors (Lipinski definition) is 0. The van der Waals surface area contributed by atoms with E-state index in [2.05, 4.69) is 0 Å². The maximum atomic E-state index is 14.0. The molecule has 2 aliphatic rings. The number of hydrogen-bond acceptors (Lipinski definition) is 8. The van der Waals surface area contributed by atoms with E-state index in [9.17, 15) is 14.4 Å². The summed E-state index contributed by atoms with van der Waals surface area (Å²) < 4.78 is 28.1. The molecule has 40 heavy (non-hydrogen) atoms. The molecule has 0 spiro atoms. The third-order valence-corrected chi connectivity index (χ3v) is 7.00. The highest BCUT2D eigenvalue weighted by Crippen LogP contribution is 2.60. The molecule has 0 radical (unpaired) electrons. The van der Waals surface area contributed by atoms with E-state index in [0.29, 0.717) is 22.7 Å². The second-order valence-corrected chi connectivity index (χ2v) is 11.9. The Labute approximate surface area is 235 Å². The number of amides is 2. The zero-order chi connectivity index (χ0) is 29.6. The van der Waals surface area contributed by atoms with Gasteiger partial charge in [-0.3, -0.25) is 9.80 Å². The molecular weight excluding hydrogens is 516 g/mol. The van der Waals surface area contributed by atoms with Gasteiger partial charge in [0.1, 0.15) is 34.9 Å². The second kappa shape index (κ2) is 10.2. The van der Waals surface area contributed by atoms with Crippen molar-refractivity contribution in [3.8, 4) is 11.5 Å². The van der Waals surface area contributed by atoms with Crippen LogP contribution in [0.1, 0.15) is 59.1 Å². The molecule has 0 aromatic heterocycles. The van der Waals surface area contributed by atoms with Crippen LogP contribution in [-0.2, 0) is 24.4 Å². The number of esters is 1. The van der Waals surface area contributed by atoms with Crippen LogP contribution in [0.3, 0.4) is 0 Å². The van der Waals surface area contributed by atoms with Crippen molar-refractivity contribution in [1.29, 1.82) is 0 Å². The summed E-state index contributed by atoms with van der Waals surface area (Å²) >= 11 is 0.